The molecule has 7 nitrogen and oxygen atoms in total. The van der Waals surface area contributed by atoms with Crippen LogP contribution in [0.5, 0.6) is 17.2 Å². The molecule has 182 valence electrons. The minimum atomic E-state index is -0.525. The summed E-state index contributed by atoms with van der Waals surface area (Å²) in [6.07, 6.45) is 1.50. The van der Waals surface area contributed by atoms with Gasteiger partial charge in [0.15, 0.2) is 11.5 Å². The van der Waals surface area contributed by atoms with E-state index in [1.165, 1.54) is 6.08 Å². The second kappa shape index (κ2) is 13.2. The third-order valence-electron chi connectivity index (χ3n) is 4.94. The highest BCUT2D eigenvalue weighted by Gasteiger charge is 2.15. The van der Waals surface area contributed by atoms with E-state index in [0.29, 0.717) is 47.3 Å². The largest absolute Gasteiger partial charge is 0.494 e. The van der Waals surface area contributed by atoms with Gasteiger partial charge in [-0.1, -0.05) is 18.2 Å². The number of nitrogens with one attached hydrogen (secondary N) is 1. The summed E-state index contributed by atoms with van der Waals surface area (Å²) < 4.78 is 18.0. The van der Waals surface area contributed by atoms with Gasteiger partial charge in [0.2, 0.25) is 0 Å². The summed E-state index contributed by atoms with van der Waals surface area (Å²) in [5.41, 5.74) is 2.42. The fraction of sp³-hybridized carbons (Fsp3) is 0.179. The van der Waals surface area contributed by atoms with E-state index in [4.69, 9.17) is 14.2 Å². The molecule has 36 heavy (non-hydrogen) atoms. The van der Waals surface area contributed by atoms with Crippen molar-refractivity contribution in [3.8, 4) is 29.4 Å². The lowest BCUT2D eigenvalue weighted by Crippen LogP contribution is -2.13. The number of hydrogen-bond acceptors (Lipinski definition) is 6. The maximum atomic E-state index is 12.7. The fourth-order valence-electron chi connectivity index (χ4n) is 3.29. The molecule has 0 heterocycles. The van der Waals surface area contributed by atoms with Crippen LogP contribution in [0, 0.1) is 26.2 Å². The van der Waals surface area contributed by atoms with Crippen LogP contribution in [0.4, 0.5) is 5.69 Å². The van der Waals surface area contributed by atoms with Crippen LogP contribution in [0.25, 0.3) is 6.08 Å². The number of benzene rings is 3. The first kappa shape index (κ1) is 26.6. The summed E-state index contributed by atoms with van der Waals surface area (Å²) in [5.74, 6) is 1.18. The predicted octanol–water partition coefficient (Wildman–Crippen LogP) is 6.08. The van der Waals surface area contributed by atoms with Crippen LogP contribution in [0.1, 0.15) is 30.5 Å². The van der Waals surface area contributed by atoms with Crippen molar-refractivity contribution in [2.45, 2.75) is 20.5 Å². The molecule has 0 bridgehead atoms. The summed E-state index contributed by atoms with van der Waals surface area (Å²) in [4.78, 5) is 12.7. The van der Waals surface area contributed by atoms with Gasteiger partial charge in [-0.25, -0.2) is 0 Å². The molecule has 8 heteroatoms. The minimum Gasteiger partial charge on any atom is -0.494 e. The van der Waals surface area contributed by atoms with Gasteiger partial charge in [-0.2, -0.15) is 10.5 Å². The Morgan fingerprint density at radius 1 is 1.00 bits per heavy atom. The smallest absolute Gasteiger partial charge is 0.266 e. The van der Waals surface area contributed by atoms with Crippen molar-refractivity contribution in [1.29, 1.82) is 10.5 Å². The topological polar surface area (TPSA) is 104 Å². The number of anilines is 1. The zero-order valence-corrected chi connectivity index (χ0v) is 22.0. The first-order valence-electron chi connectivity index (χ1n) is 11.2. The molecule has 1 N–H and O–H groups in total. The van der Waals surface area contributed by atoms with Gasteiger partial charge in [-0.05, 0) is 90.5 Å². The van der Waals surface area contributed by atoms with E-state index < -0.39 is 5.91 Å². The predicted molar refractivity (Wildman–Crippen MR) is 146 cm³/mol. The van der Waals surface area contributed by atoms with E-state index in [1.54, 1.807) is 48.5 Å². The Bertz CT molecular complexity index is 1340. The normalized spacial score (nSPS) is 10.6. The molecule has 0 saturated carbocycles. The molecule has 0 atom stereocenters. The van der Waals surface area contributed by atoms with Crippen LogP contribution >= 0.6 is 22.6 Å². The first-order chi connectivity index (χ1) is 17.5. The van der Waals surface area contributed by atoms with Gasteiger partial charge in [-0.15, -0.1) is 0 Å². The number of carbonyl (C=O) groups is 1. The summed E-state index contributed by atoms with van der Waals surface area (Å²) >= 11 is 2.12. The molecule has 0 spiro atoms. The van der Waals surface area contributed by atoms with Gasteiger partial charge in [0, 0.05) is 11.3 Å². The summed E-state index contributed by atoms with van der Waals surface area (Å²) in [5, 5.41) is 21.7. The highest BCUT2D eigenvalue weighted by atomic mass is 127. The van der Waals surface area contributed by atoms with Crippen LogP contribution in [0.2, 0.25) is 0 Å². The standard InChI is InChI=1S/C28H24IN3O4/c1-3-34-24-11-9-23(10-12-24)32-28(33)22(17-31)13-19-14-25(29)27(26(15-19)35-4-2)36-18-21-8-6-5-7-20(21)16-30/h5-15H,3-4,18H2,1-2H3,(H,32,33)/b22-13+. The van der Waals surface area contributed by atoms with Crippen LogP contribution in [-0.2, 0) is 11.4 Å². The third-order valence-corrected chi connectivity index (χ3v) is 5.74. The molecular weight excluding hydrogens is 569 g/mol. The highest BCUT2D eigenvalue weighted by molar-refractivity contribution is 14.1. The highest BCUT2D eigenvalue weighted by Crippen LogP contribution is 2.35. The van der Waals surface area contributed by atoms with Crippen molar-refractivity contribution in [3.05, 3.63) is 86.5 Å². The van der Waals surface area contributed by atoms with Crippen molar-refractivity contribution in [2.24, 2.45) is 0 Å². The maximum Gasteiger partial charge on any atom is 0.266 e. The molecule has 3 rings (SSSR count). The lowest BCUT2D eigenvalue weighted by molar-refractivity contribution is -0.112. The number of nitrogens with zero attached hydrogens (tertiary/aromatic N) is 2. The maximum absolute atomic E-state index is 12.7. The van der Waals surface area contributed by atoms with Gasteiger partial charge in [-0.3, -0.25) is 4.79 Å². The van der Waals surface area contributed by atoms with E-state index in [2.05, 4.69) is 34.0 Å². The Hall–Kier alpha value is -4.02. The first-order valence-corrected chi connectivity index (χ1v) is 12.3. The molecule has 0 aromatic heterocycles. The number of hydrogen-bond donors (Lipinski definition) is 1. The molecule has 0 fully saturated rings. The van der Waals surface area contributed by atoms with Gasteiger partial charge in [0.25, 0.3) is 5.91 Å². The van der Waals surface area contributed by atoms with E-state index in [1.807, 2.05) is 32.0 Å². The van der Waals surface area contributed by atoms with Crippen molar-refractivity contribution in [3.63, 3.8) is 0 Å². The summed E-state index contributed by atoms with van der Waals surface area (Å²) in [6, 6.07) is 21.8. The minimum absolute atomic E-state index is 0.0567. The average molecular weight is 593 g/mol. The summed E-state index contributed by atoms with van der Waals surface area (Å²) in [6.45, 7) is 4.90. The van der Waals surface area contributed by atoms with Crippen molar-refractivity contribution < 1.29 is 19.0 Å². The van der Waals surface area contributed by atoms with E-state index in [-0.39, 0.29) is 12.2 Å². The van der Waals surface area contributed by atoms with Gasteiger partial charge in [0.05, 0.1) is 28.4 Å². The Labute approximate surface area is 224 Å². The van der Waals surface area contributed by atoms with Gasteiger partial charge < -0.3 is 19.5 Å². The van der Waals surface area contributed by atoms with E-state index >= 15 is 0 Å². The zero-order chi connectivity index (χ0) is 25.9. The lowest BCUT2D eigenvalue weighted by atomic mass is 10.1. The van der Waals surface area contributed by atoms with Crippen LogP contribution in [-0.4, -0.2) is 19.1 Å². The summed E-state index contributed by atoms with van der Waals surface area (Å²) in [7, 11) is 0. The quantitative estimate of drug-likeness (QED) is 0.174. The average Bonchev–Trinajstić information content (AvgIpc) is 2.88. The molecule has 0 saturated heterocycles. The van der Waals surface area contributed by atoms with Crippen LogP contribution in [0.3, 0.4) is 0 Å². The number of carbonyl (C=O) groups excluding carboxylic acids is 1. The zero-order valence-electron chi connectivity index (χ0n) is 19.9. The van der Waals surface area contributed by atoms with E-state index in [0.717, 1.165) is 9.13 Å². The van der Waals surface area contributed by atoms with E-state index in [9.17, 15) is 15.3 Å². The number of halogens is 1. The fourth-order valence-corrected chi connectivity index (χ4v) is 4.08. The molecule has 3 aromatic carbocycles. The second-order valence-corrected chi connectivity index (χ2v) is 8.56. The SMILES string of the molecule is CCOc1ccc(NC(=O)/C(C#N)=C/c2cc(I)c(OCc3ccccc3C#N)c(OCC)c2)cc1. The Kier molecular flexibility index (Phi) is 9.73. The van der Waals surface area contributed by atoms with Gasteiger partial charge >= 0.3 is 0 Å². The number of nitriles is 2. The molecule has 0 aliphatic heterocycles. The number of amides is 1. The van der Waals surface area contributed by atoms with Gasteiger partial charge in [0.1, 0.15) is 24.0 Å². The molecule has 1 amide bonds. The molecule has 0 unspecified atom stereocenters. The monoisotopic (exact) mass is 593 g/mol. The van der Waals surface area contributed by atoms with Crippen molar-refractivity contribution >= 4 is 40.3 Å². The Morgan fingerprint density at radius 3 is 2.39 bits per heavy atom. The Morgan fingerprint density at radius 2 is 1.72 bits per heavy atom. The number of ether oxygens (including phenoxy) is 3. The van der Waals surface area contributed by atoms with Crippen LogP contribution < -0.4 is 19.5 Å². The molecule has 0 aliphatic rings. The van der Waals surface area contributed by atoms with Crippen molar-refractivity contribution in [1.82, 2.24) is 0 Å². The molecule has 0 aliphatic carbocycles. The molecule has 3 aromatic rings. The third kappa shape index (κ3) is 7.00. The Balaban J connectivity index is 1.82. The molecule has 0 radical (unpaired) electrons. The van der Waals surface area contributed by atoms with Crippen LogP contribution in [0.15, 0.2) is 66.2 Å². The lowest BCUT2D eigenvalue weighted by Gasteiger charge is -2.15. The molecular formula is C28H24IN3O4. The van der Waals surface area contributed by atoms with Crippen molar-refractivity contribution in [2.75, 3.05) is 18.5 Å². The number of rotatable bonds is 10. The second-order valence-electron chi connectivity index (χ2n) is 7.40.